The van der Waals surface area contributed by atoms with Gasteiger partial charge in [0.15, 0.2) is 0 Å². The van der Waals surface area contributed by atoms with Crippen LogP contribution in [0, 0.1) is 11.3 Å². The molecule has 22 heavy (non-hydrogen) atoms. The van der Waals surface area contributed by atoms with Crippen molar-refractivity contribution in [3.63, 3.8) is 0 Å². The van der Waals surface area contributed by atoms with Gasteiger partial charge in [0.25, 0.3) is 5.91 Å². The van der Waals surface area contributed by atoms with Crippen LogP contribution in [0.1, 0.15) is 0 Å². The quantitative estimate of drug-likeness (QED) is 0.458. The maximum Gasteiger partial charge on any atom is 0.267 e. The van der Waals surface area contributed by atoms with E-state index in [2.05, 4.69) is 15.6 Å². The molecule has 1 aromatic carbocycles. The van der Waals surface area contributed by atoms with Crippen molar-refractivity contribution in [1.82, 2.24) is 4.98 Å². The zero-order valence-electron chi connectivity index (χ0n) is 11.2. The molecule has 0 saturated carbocycles. The number of nitrogens with one attached hydrogen (secondary N) is 2. The molecule has 110 valence electrons. The van der Waals surface area contributed by atoms with Gasteiger partial charge in [-0.25, -0.2) is 4.98 Å². The summed E-state index contributed by atoms with van der Waals surface area (Å²) in [4.78, 5) is 15.9. The van der Waals surface area contributed by atoms with Crippen LogP contribution in [-0.2, 0) is 4.79 Å². The third-order valence-electron chi connectivity index (χ3n) is 2.58. The smallest absolute Gasteiger partial charge is 0.267 e. The van der Waals surface area contributed by atoms with Gasteiger partial charge in [0, 0.05) is 18.1 Å². The van der Waals surface area contributed by atoms with E-state index in [9.17, 15) is 9.90 Å². The number of halogens is 1. The number of aromatic nitrogens is 1. The maximum absolute atomic E-state index is 12.0. The first kappa shape index (κ1) is 15.4. The van der Waals surface area contributed by atoms with Gasteiger partial charge in [-0.1, -0.05) is 11.6 Å². The molecule has 1 amide bonds. The van der Waals surface area contributed by atoms with E-state index in [0.29, 0.717) is 16.5 Å². The Kier molecular flexibility index (Phi) is 4.96. The number of phenolic OH excluding ortho intramolecular Hbond substituents is 1. The summed E-state index contributed by atoms with van der Waals surface area (Å²) in [5, 5.41) is 24.0. The topological polar surface area (TPSA) is 98.0 Å². The van der Waals surface area contributed by atoms with Crippen LogP contribution in [0.5, 0.6) is 5.75 Å². The molecule has 2 rings (SSSR count). The number of nitrogens with zero attached hydrogens (tertiary/aromatic N) is 2. The molecule has 3 N–H and O–H groups in total. The van der Waals surface area contributed by atoms with E-state index in [1.807, 2.05) is 0 Å². The summed E-state index contributed by atoms with van der Waals surface area (Å²) in [5.74, 6) is -0.0336. The minimum atomic E-state index is -0.574. The normalized spacial score (nSPS) is 10.6. The van der Waals surface area contributed by atoms with Crippen LogP contribution in [0.25, 0.3) is 0 Å². The van der Waals surface area contributed by atoms with E-state index in [0.717, 1.165) is 0 Å². The number of amides is 1. The second kappa shape index (κ2) is 7.11. The number of pyridine rings is 1. The van der Waals surface area contributed by atoms with Gasteiger partial charge >= 0.3 is 0 Å². The lowest BCUT2D eigenvalue weighted by molar-refractivity contribution is -0.112. The molecule has 0 aliphatic carbocycles. The predicted octanol–water partition coefficient (Wildman–Crippen LogP) is 2.90. The summed E-state index contributed by atoms with van der Waals surface area (Å²) < 4.78 is 0. The number of phenols is 1. The first-order chi connectivity index (χ1) is 10.6. The fourth-order valence-corrected chi connectivity index (χ4v) is 1.61. The fraction of sp³-hybridized carbons (Fsp3) is 0. The Labute approximate surface area is 131 Å². The zero-order chi connectivity index (χ0) is 15.9. The Morgan fingerprint density at radius 3 is 2.59 bits per heavy atom. The molecule has 0 aliphatic rings. The summed E-state index contributed by atoms with van der Waals surface area (Å²) in [5.41, 5.74) is 0.346. The molecule has 0 aliphatic heterocycles. The van der Waals surface area contributed by atoms with Crippen LogP contribution in [-0.4, -0.2) is 16.0 Å². The average molecular weight is 315 g/mol. The molecule has 0 spiro atoms. The highest BCUT2D eigenvalue weighted by atomic mass is 35.5. The Hall–Kier alpha value is -3.04. The van der Waals surface area contributed by atoms with Crippen molar-refractivity contribution < 1.29 is 9.90 Å². The Bertz CT molecular complexity index is 734. The number of hydrogen-bond donors (Lipinski definition) is 3. The van der Waals surface area contributed by atoms with Crippen LogP contribution < -0.4 is 10.6 Å². The van der Waals surface area contributed by atoms with Crippen molar-refractivity contribution in [2.24, 2.45) is 0 Å². The largest absolute Gasteiger partial charge is 0.508 e. The van der Waals surface area contributed by atoms with Crippen molar-refractivity contribution >= 4 is 29.0 Å². The van der Waals surface area contributed by atoms with E-state index < -0.39 is 5.91 Å². The van der Waals surface area contributed by atoms with Gasteiger partial charge in [-0.2, -0.15) is 5.26 Å². The van der Waals surface area contributed by atoms with Crippen LogP contribution in [0.4, 0.5) is 11.5 Å². The molecule has 0 saturated heterocycles. The molecular weight excluding hydrogens is 304 g/mol. The molecular formula is C15H11ClN4O2. The number of hydrogen-bond acceptors (Lipinski definition) is 5. The highest BCUT2D eigenvalue weighted by Crippen LogP contribution is 2.15. The number of aromatic hydroxyl groups is 1. The van der Waals surface area contributed by atoms with Gasteiger partial charge in [0.2, 0.25) is 0 Å². The minimum absolute atomic E-state index is 0.0875. The van der Waals surface area contributed by atoms with Gasteiger partial charge < -0.3 is 15.7 Å². The van der Waals surface area contributed by atoms with Gasteiger partial charge in [0.05, 0.1) is 5.02 Å². The highest BCUT2D eigenvalue weighted by molar-refractivity contribution is 6.30. The molecule has 2 aromatic rings. The molecule has 0 atom stereocenters. The van der Waals surface area contributed by atoms with Gasteiger partial charge in [-0.05, 0) is 36.4 Å². The van der Waals surface area contributed by atoms with Crippen molar-refractivity contribution in [2.45, 2.75) is 0 Å². The lowest BCUT2D eigenvalue weighted by Gasteiger charge is -2.05. The molecule has 0 unspecified atom stereocenters. The van der Waals surface area contributed by atoms with Gasteiger partial charge in [-0.15, -0.1) is 0 Å². The number of nitriles is 1. The zero-order valence-corrected chi connectivity index (χ0v) is 12.0. The molecule has 6 nitrogen and oxygen atoms in total. The van der Waals surface area contributed by atoms with E-state index >= 15 is 0 Å². The Morgan fingerprint density at radius 1 is 1.27 bits per heavy atom. The van der Waals surface area contributed by atoms with Gasteiger partial charge in [0.1, 0.15) is 23.2 Å². The predicted molar refractivity (Wildman–Crippen MR) is 83.3 cm³/mol. The van der Waals surface area contributed by atoms with Crippen LogP contribution in [0.3, 0.4) is 0 Å². The number of carbonyl (C=O) groups is 1. The molecule has 0 radical (unpaired) electrons. The van der Waals surface area contributed by atoms with Crippen LogP contribution >= 0.6 is 11.6 Å². The standard InChI is InChI=1S/C15H11ClN4O2/c16-11-1-6-14(19-9-11)18-8-10(7-17)15(22)20-12-2-4-13(21)5-3-12/h1-6,8-9,21H,(H,18,19)(H,20,22)/b10-8-. The lowest BCUT2D eigenvalue weighted by Crippen LogP contribution is -2.14. The maximum atomic E-state index is 12.0. The Balaban J connectivity index is 2.05. The number of rotatable bonds is 4. The second-order valence-electron chi connectivity index (χ2n) is 4.18. The van der Waals surface area contributed by atoms with Crippen molar-refractivity contribution in [2.75, 3.05) is 10.6 Å². The average Bonchev–Trinajstić information content (AvgIpc) is 2.52. The summed E-state index contributed by atoms with van der Waals surface area (Å²) in [6.07, 6.45) is 2.70. The number of anilines is 2. The molecule has 1 aromatic heterocycles. The molecule has 1 heterocycles. The van der Waals surface area contributed by atoms with Gasteiger partial charge in [-0.3, -0.25) is 4.79 Å². The molecule has 0 fully saturated rings. The summed E-state index contributed by atoms with van der Waals surface area (Å²) >= 11 is 5.71. The van der Waals surface area contributed by atoms with E-state index in [4.69, 9.17) is 16.9 Å². The monoisotopic (exact) mass is 314 g/mol. The molecule has 7 heteroatoms. The lowest BCUT2D eigenvalue weighted by atomic mass is 10.2. The van der Waals surface area contributed by atoms with Crippen molar-refractivity contribution in [1.29, 1.82) is 5.26 Å². The second-order valence-corrected chi connectivity index (χ2v) is 4.61. The number of carbonyl (C=O) groups excluding carboxylic acids is 1. The summed E-state index contributed by atoms with van der Waals surface area (Å²) in [6, 6.07) is 11.0. The first-order valence-corrected chi connectivity index (χ1v) is 6.55. The van der Waals surface area contributed by atoms with Crippen molar-refractivity contribution in [3.8, 4) is 11.8 Å². The fourth-order valence-electron chi connectivity index (χ4n) is 1.50. The molecule has 0 bridgehead atoms. The SMILES string of the molecule is N#C/C(=C/Nc1ccc(Cl)cn1)C(=O)Nc1ccc(O)cc1. The van der Waals surface area contributed by atoms with E-state index in [1.165, 1.54) is 36.7 Å². The van der Waals surface area contributed by atoms with E-state index in [-0.39, 0.29) is 11.3 Å². The first-order valence-electron chi connectivity index (χ1n) is 6.17. The highest BCUT2D eigenvalue weighted by Gasteiger charge is 2.09. The minimum Gasteiger partial charge on any atom is -0.508 e. The summed E-state index contributed by atoms with van der Waals surface area (Å²) in [7, 11) is 0. The van der Waals surface area contributed by atoms with Crippen LogP contribution in [0.15, 0.2) is 54.4 Å². The van der Waals surface area contributed by atoms with Crippen molar-refractivity contribution in [3.05, 3.63) is 59.4 Å². The Morgan fingerprint density at radius 2 is 2.00 bits per heavy atom. The third-order valence-corrected chi connectivity index (χ3v) is 2.81. The van der Waals surface area contributed by atoms with E-state index in [1.54, 1.807) is 18.2 Å². The summed E-state index contributed by atoms with van der Waals surface area (Å²) in [6.45, 7) is 0. The van der Waals surface area contributed by atoms with Crippen LogP contribution in [0.2, 0.25) is 5.02 Å². The number of benzene rings is 1. The third kappa shape index (κ3) is 4.23.